The highest BCUT2D eigenvalue weighted by Gasteiger charge is 2.20. The van der Waals surface area contributed by atoms with Gasteiger partial charge in [0.05, 0.1) is 6.61 Å². The largest absolute Gasteiger partial charge is 0.450 e. The standard InChI is InChI=1S/C10H17ClN2O2/c1-2-15-10(14)13-8-6-12(7-9-13)5-3-4-11/h3-4H,2,5-9H2,1H3/b4-3+. The van der Waals surface area contributed by atoms with Crippen LogP contribution >= 0.6 is 11.6 Å². The van der Waals surface area contributed by atoms with Crippen molar-refractivity contribution < 1.29 is 9.53 Å². The summed E-state index contributed by atoms with van der Waals surface area (Å²) >= 11 is 5.45. The Balaban J connectivity index is 2.26. The normalized spacial score (nSPS) is 18.4. The van der Waals surface area contributed by atoms with Crippen LogP contribution in [-0.4, -0.2) is 55.2 Å². The average Bonchev–Trinajstić information content (AvgIpc) is 2.27. The summed E-state index contributed by atoms with van der Waals surface area (Å²) in [6, 6.07) is 0. The molecule has 5 heteroatoms. The summed E-state index contributed by atoms with van der Waals surface area (Å²) in [6.07, 6.45) is 1.70. The number of rotatable bonds is 3. The third-order valence-corrected chi connectivity index (χ3v) is 2.53. The summed E-state index contributed by atoms with van der Waals surface area (Å²) in [5.41, 5.74) is 1.53. The van der Waals surface area contributed by atoms with Crippen LogP contribution in [0.15, 0.2) is 11.6 Å². The van der Waals surface area contributed by atoms with E-state index in [0.717, 1.165) is 32.7 Å². The third kappa shape index (κ3) is 4.10. The molecule has 1 heterocycles. The second-order valence-corrected chi connectivity index (χ2v) is 3.60. The quantitative estimate of drug-likeness (QED) is 0.740. The Labute approximate surface area is 95.4 Å². The second kappa shape index (κ2) is 6.69. The number of ether oxygens (including phenoxy) is 1. The van der Waals surface area contributed by atoms with E-state index in [1.54, 1.807) is 4.90 Å². The zero-order valence-corrected chi connectivity index (χ0v) is 9.74. The van der Waals surface area contributed by atoms with E-state index in [2.05, 4.69) is 4.90 Å². The minimum absolute atomic E-state index is 0.204. The molecular weight excluding hydrogens is 216 g/mol. The van der Waals surface area contributed by atoms with Crippen molar-refractivity contribution in [2.45, 2.75) is 6.92 Å². The van der Waals surface area contributed by atoms with E-state index in [-0.39, 0.29) is 6.09 Å². The number of halogens is 1. The Hall–Kier alpha value is -0.740. The van der Waals surface area contributed by atoms with Crippen LogP contribution in [0.2, 0.25) is 0 Å². The zero-order chi connectivity index (χ0) is 11.1. The van der Waals surface area contributed by atoms with Crippen LogP contribution in [0.5, 0.6) is 0 Å². The Morgan fingerprint density at radius 1 is 1.40 bits per heavy atom. The minimum atomic E-state index is -0.204. The summed E-state index contributed by atoms with van der Waals surface area (Å²) in [5.74, 6) is 0. The molecule has 0 N–H and O–H groups in total. The molecule has 15 heavy (non-hydrogen) atoms. The van der Waals surface area contributed by atoms with Crippen LogP contribution in [0.4, 0.5) is 4.79 Å². The van der Waals surface area contributed by atoms with Crippen LogP contribution in [0.25, 0.3) is 0 Å². The molecule has 0 unspecified atom stereocenters. The van der Waals surface area contributed by atoms with Gasteiger partial charge in [-0.2, -0.15) is 0 Å². The molecule has 0 atom stereocenters. The van der Waals surface area contributed by atoms with Crippen molar-refractivity contribution in [2.75, 3.05) is 39.3 Å². The average molecular weight is 233 g/mol. The molecule has 1 saturated heterocycles. The first-order valence-electron chi connectivity index (χ1n) is 5.17. The highest BCUT2D eigenvalue weighted by molar-refractivity contribution is 6.25. The molecule has 1 amide bonds. The molecule has 0 aliphatic carbocycles. The predicted molar refractivity (Wildman–Crippen MR) is 60.0 cm³/mol. The van der Waals surface area contributed by atoms with Crippen LogP contribution in [0.3, 0.4) is 0 Å². The molecule has 4 nitrogen and oxygen atoms in total. The molecule has 1 rings (SSSR count). The first kappa shape index (κ1) is 12.3. The summed E-state index contributed by atoms with van der Waals surface area (Å²) < 4.78 is 4.93. The molecule has 1 fully saturated rings. The van der Waals surface area contributed by atoms with Crippen molar-refractivity contribution in [2.24, 2.45) is 0 Å². The number of hydrogen-bond donors (Lipinski definition) is 0. The van der Waals surface area contributed by atoms with Crippen molar-refractivity contribution in [3.8, 4) is 0 Å². The van der Waals surface area contributed by atoms with Gasteiger partial charge in [0.2, 0.25) is 0 Å². The van der Waals surface area contributed by atoms with Crippen molar-refractivity contribution in [3.05, 3.63) is 11.6 Å². The highest BCUT2D eigenvalue weighted by atomic mass is 35.5. The van der Waals surface area contributed by atoms with Crippen LogP contribution in [0, 0.1) is 0 Å². The van der Waals surface area contributed by atoms with Crippen molar-refractivity contribution >= 4 is 17.7 Å². The van der Waals surface area contributed by atoms with E-state index in [1.165, 1.54) is 5.54 Å². The van der Waals surface area contributed by atoms with E-state index in [0.29, 0.717) is 6.61 Å². The Bertz CT molecular complexity index is 225. The second-order valence-electron chi connectivity index (χ2n) is 3.35. The molecule has 0 aromatic heterocycles. The van der Waals surface area contributed by atoms with Gasteiger partial charge in [-0.1, -0.05) is 17.7 Å². The Kier molecular flexibility index (Phi) is 5.50. The molecule has 0 bridgehead atoms. The lowest BCUT2D eigenvalue weighted by molar-refractivity contribution is 0.0825. The topological polar surface area (TPSA) is 32.8 Å². The van der Waals surface area contributed by atoms with Gasteiger partial charge in [-0.05, 0) is 6.92 Å². The van der Waals surface area contributed by atoms with Crippen molar-refractivity contribution in [1.82, 2.24) is 9.80 Å². The van der Waals surface area contributed by atoms with Gasteiger partial charge >= 0.3 is 6.09 Å². The number of nitrogens with zero attached hydrogens (tertiary/aromatic N) is 2. The fraction of sp³-hybridized carbons (Fsp3) is 0.700. The number of hydrogen-bond acceptors (Lipinski definition) is 3. The van der Waals surface area contributed by atoms with Gasteiger partial charge in [-0.15, -0.1) is 0 Å². The number of carbonyl (C=O) groups excluding carboxylic acids is 1. The molecule has 0 aromatic rings. The lowest BCUT2D eigenvalue weighted by Gasteiger charge is -2.33. The Morgan fingerprint density at radius 3 is 2.60 bits per heavy atom. The van der Waals surface area contributed by atoms with Crippen LogP contribution in [0.1, 0.15) is 6.92 Å². The van der Waals surface area contributed by atoms with E-state index < -0.39 is 0 Å². The maximum atomic E-state index is 11.4. The number of carbonyl (C=O) groups is 1. The van der Waals surface area contributed by atoms with Crippen molar-refractivity contribution in [3.63, 3.8) is 0 Å². The monoisotopic (exact) mass is 232 g/mol. The fourth-order valence-corrected chi connectivity index (χ4v) is 1.60. The summed E-state index contributed by atoms with van der Waals surface area (Å²) in [5, 5.41) is 0. The minimum Gasteiger partial charge on any atom is -0.450 e. The summed E-state index contributed by atoms with van der Waals surface area (Å²) in [6.45, 7) is 6.32. The lowest BCUT2D eigenvalue weighted by atomic mass is 10.3. The van der Waals surface area contributed by atoms with Gasteiger partial charge in [0, 0.05) is 38.3 Å². The maximum absolute atomic E-state index is 11.4. The van der Waals surface area contributed by atoms with Gasteiger partial charge in [0.1, 0.15) is 0 Å². The summed E-state index contributed by atoms with van der Waals surface area (Å²) in [4.78, 5) is 15.4. The Morgan fingerprint density at radius 2 is 2.07 bits per heavy atom. The van der Waals surface area contributed by atoms with Crippen molar-refractivity contribution in [1.29, 1.82) is 0 Å². The van der Waals surface area contributed by atoms with Gasteiger partial charge in [0.25, 0.3) is 0 Å². The van der Waals surface area contributed by atoms with Crippen LogP contribution < -0.4 is 0 Å². The first-order valence-corrected chi connectivity index (χ1v) is 5.61. The van der Waals surface area contributed by atoms with E-state index in [4.69, 9.17) is 16.3 Å². The van der Waals surface area contributed by atoms with Gasteiger partial charge in [0.15, 0.2) is 0 Å². The molecule has 0 radical (unpaired) electrons. The van der Waals surface area contributed by atoms with E-state index in [1.807, 2.05) is 13.0 Å². The lowest BCUT2D eigenvalue weighted by Crippen LogP contribution is -2.48. The van der Waals surface area contributed by atoms with Gasteiger partial charge < -0.3 is 9.64 Å². The highest BCUT2D eigenvalue weighted by Crippen LogP contribution is 2.03. The maximum Gasteiger partial charge on any atom is 0.409 e. The third-order valence-electron chi connectivity index (χ3n) is 2.35. The molecule has 0 aromatic carbocycles. The molecule has 0 spiro atoms. The molecule has 1 aliphatic heterocycles. The van der Waals surface area contributed by atoms with E-state index >= 15 is 0 Å². The number of piperazine rings is 1. The SMILES string of the molecule is CCOC(=O)N1CCN(C/C=C/Cl)CC1. The van der Waals surface area contributed by atoms with Crippen LogP contribution in [-0.2, 0) is 4.74 Å². The van der Waals surface area contributed by atoms with Gasteiger partial charge in [-0.3, -0.25) is 4.90 Å². The smallest absolute Gasteiger partial charge is 0.409 e. The molecular formula is C10H17ClN2O2. The fourth-order valence-electron chi connectivity index (χ4n) is 1.52. The molecule has 86 valence electrons. The predicted octanol–water partition coefficient (Wildman–Crippen LogP) is 1.51. The van der Waals surface area contributed by atoms with Gasteiger partial charge in [-0.25, -0.2) is 4.79 Å². The van der Waals surface area contributed by atoms with E-state index in [9.17, 15) is 4.79 Å². The molecule has 1 aliphatic rings. The first-order chi connectivity index (χ1) is 7.27. The summed E-state index contributed by atoms with van der Waals surface area (Å²) in [7, 11) is 0. The zero-order valence-electron chi connectivity index (χ0n) is 8.99. The molecule has 0 saturated carbocycles. The number of amides is 1.